The molecule has 1 aromatic rings. The molecule has 1 unspecified atom stereocenters. The van der Waals surface area contributed by atoms with E-state index in [-0.39, 0.29) is 51.4 Å². The number of nitro groups is 1. The third kappa shape index (κ3) is 4.44. The van der Waals surface area contributed by atoms with E-state index in [0.717, 1.165) is 6.07 Å². The predicted octanol–water partition coefficient (Wildman–Crippen LogP) is -1.23. The van der Waals surface area contributed by atoms with Crippen LogP contribution in [0, 0.1) is 16.3 Å². The quantitative estimate of drug-likeness (QED) is 0.249. The summed E-state index contributed by atoms with van der Waals surface area (Å²) in [7, 11) is 0. The van der Waals surface area contributed by atoms with Gasteiger partial charge in [-0.25, -0.2) is 0 Å². The second kappa shape index (κ2) is 6.77. The molecule has 1 heterocycles. The number of aliphatic hydroxyl groups is 1. The van der Waals surface area contributed by atoms with Gasteiger partial charge in [0.25, 0.3) is 5.69 Å². The molecule has 0 fully saturated rings. The van der Waals surface area contributed by atoms with Crippen LogP contribution in [-0.2, 0) is 0 Å². The van der Waals surface area contributed by atoms with E-state index in [0.29, 0.717) is 12.3 Å². The summed E-state index contributed by atoms with van der Waals surface area (Å²) in [6.07, 6.45) is -9.77. The van der Waals surface area contributed by atoms with Gasteiger partial charge in [-0.3, -0.25) is 15.1 Å². The second-order valence-electron chi connectivity index (χ2n) is 2.95. The number of pyridine rings is 1. The summed E-state index contributed by atoms with van der Waals surface area (Å²) in [5.74, 6) is 0. The predicted molar refractivity (Wildman–Crippen MR) is 46.4 cm³/mol. The normalized spacial score (nSPS) is 12.5. The number of aliphatic hydroxyl groups excluding tert-OH is 1. The molecule has 1 N–H and O–H groups in total. The number of rotatable bonds is 3. The first-order valence-electron chi connectivity index (χ1n) is 4.11. The molecular weight excluding hydrogens is 287 g/mol. The van der Waals surface area contributed by atoms with Crippen LogP contribution in [0.3, 0.4) is 0 Å². The Hall–Kier alpha value is -0.264. The molecule has 18 heavy (non-hydrogen) atoms. The average molecular weight is 292 g/mol. The molecule has 0 saturated heterocycles. The van der Waals surface area contributed by atoms with Crippen molar-refractivity contribution in [2.45, 2.75) is 12.3 Å². The third-order valence-electron chi connectivity index (χ3n) is 1.75. The van der Waals surface area contributed by atoms with Gasteiger partial charge in [0.15, 0.2) is 0 Å². The van der Waals surface area contributed by atoms with Gasteiger partial charge >= 0.3 is 57.6 Å². The van der Waals surface area contributed by atoms with Crippen LogP contribution in [0.4, 0.5) is 23.2 Å². The summed E-state index contributed by atoms with van der Waals surface area (Å²) in [6, 6.07) is 1.47. The summed E-state index contributed by atoms with van der Waals surface area (Å²) >= 11 is 0. The van der Waals surface area contributed by atoms with E-state index in [2.05, 4.69) is 4.98 Å². The van der Waals surface area contributed by atoms with E-state index in [1.165, 1.54) is 0 Å². The Balaban J connectivity index is 0.00000289. The van der Waals surface area contributed by atoms with Crippen LogP contribution in [0.5, 0.6) is 0 Å². The van der Waals surface area contributed by atoms with Crippen molar-refractivity contribution in [3.63, 3.8) is 0 Å². The Morgan fingerprint density at radius 2 is 2.00 bits per heavy atom. The van der Waals surface area contributed by atoms with E-state index in [9.17, 15) is 27.7 Å². The average Bonchev–Trinajstić information content (AvgIpc) is 2.26. The van der Waals surface area contributed by atoms with Crippen molar-refractivity contribution in [3.8, 4) is 0 Å². The van der Waals surface area contributed by atoms with Crippen molar-refractivity contribution in [3.05, 3.63) is 40.3 Å². The van der Waals surface area contributed by atoms with Crippen LogP contribution >= 0.6 is 0 Å². The van der Waals surface area contributed by atoms with Gasteiger partial charge in [0.1, 0.15) is 6.10 Å². The molecule has 10 heteroatoms. The van der Waals surface area contributed by atoms with Crippen LogP contribution in [-0.4, -0.2) is 27.3 Å². The van der Waals surface area contributed by atoms with E-state index >= 15 is 0 Å². The Morgan fingerprint density at radius 1 is 1.44 bits per heavy atom. The number of nitrogens with zero attached hydrogens (tertiary/aromatic N) is 2. The smallest absolute Gasteiger partial charge is 0.395 e. The number of hydrogen-bond acceptors (Lipinski definition) is 4. The van der Waals surface area contributed by atoms with Gasteiger partial charge in [-0.1, -0.05) is 11.8 Å². The molecule has 0 radical (unpaired) electrons. The Bertz CT molecular complexity index is 412. The monoisotopic (exact) mass is 292 g/mol. The molecule has 0 saturated carbocycles. The summed E-state index contributed by atoms with van der Waals surface area (Å²) in [5, 5.41) is 18.8. The van der Waals surface area contributed by atoms with Gasteiger partial charge in [-0.15, -0.1) is 0 Å². The van der Waals surface area contributed by atoms with Crippen LogP contribution in [0.2, 0.25) is 0 Å². The van der Waals surface area contributed by atoms with Gasteiger partial charge in [0.2, 0.25) is 0 Å². The van der Waals surface area contributed by atoms with Gasteiger partial charge in [-0.2, -0.15) is 19.2 Å². The van der Waals surface area contributed by atoms with E-state index < -0.39 is 34.8 Å². The first-order valence-corrected chi connectivity index (χ1v) is 4.11. The van der Waals surface area contributed by atoms with Crippen molar-refractivity contribution in [2.24, 2.45) is 0 Å². The Labute approximate surface area is 141 Å². The van der Waals surface area contributed by atoms with Crippen LogP contribution < -0.4 is 51.4 Å². The zero-order valence-corrected chi connectivity index (χ0v) is 12.1. The zero-order chi connectivity index (χ0) is 13.2. The summed E-state index contributed by atoms with van der Waals surface area (Å²) in [5.41, 5.74) is -1.30. The summed E-state index contributed by atoms with van der Waals surface area (Å²) in [4.78, 5) is 12.5. The van der Waals surface area contributed by atoms with Gasteiger partial charge in [0, 0.05) is 6.17 Å². The molecule has 94 valence electrons. The zero-order valence-electron chi connectivity index (χ0n) is 8.98. The molecule has 0 aliphatic heterocycles. The summed E-state index contributed by atoms with van der Waals surface area (Å²) < 4.78 is 48.9. The molecule has 0 aliphatic rings. The molecule has 5 nitrogen and oxygen atoms in total. The van der Waals surface area contributed by atoms with E-state index in [1.807, 2.05) is 0 Å². The Kier molecular flexibility index (Phi) is 6.67. The fourth-order valence-corrected chi connectivity index (χ4v) is 0.919. The van der Waals surface area contributed by atoms with E-state index in [1.54, 1.807) is 0 Å². The van der Waals surface area contributed by atoms with Gasteiger partial charge in [-0.05, 0) is 0 Å². The molecular formula is C8H5F4KN2O3. The molecule has 0 spiro atoms. The fraction of sp³-hybridized carbons (Fsp3) is 0.250. The fourth-order valence-electron chi connectivity index (χ4n) is 0.919. The van der Waals surface area contributed by atoms with Crippen LogP contribution in [0.15, 0.2) is 18.3 Å². The maximum atomic E-state index is 13.1. The minimum Gasteiger partial charge on any atom is -0.395 e. The minimum absolute atomic E-state index is 0. The molecule has 0 aromatic carbocycles. The SMILES string of the molecule is O=[N+]([O-])c1ccc([C-](F)C(O)C(F)(F)F)nc1.[K+]. The van der Waals surface area contributed by atoms with Crippen LogP contribution in [0.1, 0.15) is 5.69 Å². The van der Waals surface area contributed by atoms with Crippen molar-refractivity contribution in [1.82, 2.24) is 4.98 Å². The first-order chi connectivity index (χ1) is 7.73. The molecule has 0 amide bonds. The van der Waals surface area contributed by atoms with Crippen molar-refractivity contribution in [1.29, 1.82) is 0 Å². The van der Waals surface area contributed by atoms with Gasteiger partial charge in [0.05, 0.1) is 11.1 Å². The molecule has 0 aliphatic carbocycles. The number of hydrogen-bond donors (Lipinski definition) is 1. The maximum absolute atomic E-state index is 13.1. The third-order valence-corrected chi connectivity index (χ3v) is 1.75. The summed E-state index contributed by atoms with van der Waals surface area (Å²) in [6.45, 7) is 0. The number of aromatic nitrogens is 1. The van der Waals surface area contributed by atoms with Crippen LogP contribution in [0.25, 0.3) is 0 Å². The van der Waals surface area contributed by atoms with Crippen molar-refractivity contribution in [2.75, 3.05) is 0 Å². The number of halogens is 4. The molecule has 1 rings (SSSR count). The standard InChI is InChI=1S/C8H5F4N2O3.K/c9-6(7(15)8(10,11)12)5-2-1-4(3-13-5)14(16)17;/h1-3,7,15H;/q-1;+1. The maximum Gasteiger partial charge on any atom is 1.00 e. The molecule has 0 bridgehead atoms. The van der Waals surface area contributed by atoms with Crippen molar-refractivity contribution >= 4 is 5.69 Å². The van der Waals surface area contributed by atoms with Gasteiger partial charge < -0.3 is 9.50 Å². The number of alkyl halides is 3. The molecule has 1 aromatic heterocycles. The minimum atomic E-state index is -5.16. The van der Waals surface area contributed by atoms with Crippen molar-refractivity contribution < 1.29 is 79.0 Å². The first kappa shape index (κ1) is 17.7. The largest absolute Gasteiger partial charge is 1.00 e. The second-order valence-corrected chi connectivity index (χ2v) is 2.95. The Morgan fingerprint density at radius 3 is 2.33 bits per heavy atom. The topological polar surface area (TPSA) is 76.3 Å². The van der Waals surface area contributed by atoms with E-state index in [4.69, 9.17) is 5.11 Å². The molecule has 1 atom stereocenters.